The Hall–Kier alpha value is -2.32. The molecule has 0 N–H and O–H groups in total. The standard InChI is InChI=1S/C19H26FN5O2/c1-3-25(4-2)18(26)14-24-11-9-23(10-12-24)13-17-21-19(22-27-17)15-5-7-16(20)8-6-15/h5-8H,3-4,9-14H2,1-2H3. The fourth-order valence-electron chi connectivity index (χ4n) is 3.20. The van der Waals surface area contributed by atoms with Gasteiger partial charge in [-0.2, -0.15) is 4.98 Å². The lowest BCUT2D eigenvalue weighted by molar-refractivity contribution is -0.132. The minimum absolute atomic E-state index is 0.189. The van der Waals surface area contributed by atoms with E-state index in [0.29, 0.717) is 24.8 Å². The van der Waals surface area contributed by atoms with Crippen molar-refractivity contribution in [1.82, 2.24) is 24.8 Å². The largest absolute Gasteiger partial charge is 0.342 e. The summed E-state index contributed by atoms with van der Waals surface area (Å²) in [4.78, 5) is 22.9. The number of likely N-dealkylation sites (N-methyl/N-ethyl adjacent to an activating group) is 1. The fourth-order valence-corrected chi connectivity index (χ4v) is 3.20. The van der Waals surface area contributed by atoms with E-state index < -0.39 is 0 Å². The minimum Gasteiger partial charge on any atom is -0.342 e. The molecule has 7 nitrogen and oxygen atoms in total. The van der Waals surface area contributed by atoms with Gasteiger partial charge >= 0.3 is 0 Å². The molecule has 146 valence electrons. The average Bonchev–Trinajstić information content (AvgIpc) is 3.13. The van der Waals surface area contributed by atoms with Crippen LogP contribution in [0.25, 0.3) is 11.4 Å². The van der Waals surface area contributed by atoms with Crippen molar-refractivity contribution in [2.75, 3.05) is 45.8 Å². The molecule has 8 heteroatoms. The van der Waals surface area contributed by atoms with Crippen LogP contribution < -0.4 is 0 Å². The Morgan fingerprint density at radius 3 is 2.37 bits per heavy atom. The number of carbonyl (C=O) groups excluding carboxylic acids is 1. The second kappa shape index (κ2) is 9.05. The average molecular weight is 375 g/mol. The van der Waals surface area contributed by atoms with Gasteiger partial charge in [0.25, 0.3) is 0 Å². The summed E-state index contributed by atoms with van der Waals surface area (Å²) < 4.78 is 18.3. The summed E-state index contributed by atoms with van der Waals surface area (Å²) in [7, 11) is 0. The van der Waals surface area contributed by atoms with Crippen molar-refractivity contribution < 1.29 is 13.7 Å². The minimum atomic E-state index is -0.292. The number of halogens is 1. The molecule has 2 heterocycles. The first-order valence-electron chi connectivity index (χ1n) is 9.40. The van der Waals surface area contributed by atoms with Crippen LogP contribution in [0.3, 0.4) is 0 Å². The molecular weight excluding hydrogens is 349 g/mol. The first kappa shape index (κ1) is 19.4. The van der Waals surface area contributed by atoms with Crippen LogP contribution in [0.5, 0.6) is 0 Å². The molecular formula is C19H26FN5O2. The lowest BCUT2D eigenvalue weighted by atomic mass is 10.2. The molecule has 0 radical (unpaired) electrons. The molecule has 0 spiro atoms. The predicted molar refractivity (Wildman–Crippen MR) is 99.3 cm³/mol. The maximum absolute atomic E-state index is 13.0. The van der Waals surface area contributed by atoms with Crippen molar-refractivity contribution >= 4 is 5.91 Å². The van der Waals surface area contributed by atoms with E-state index in [9.17, 15) is 9.18 Å². The van der Waals surface area contributed by atoms with Gasteiger partial charge in [0.2, 0.25) is 17.6 Å². The number of rotatable bonds is 7. The summed E-state index contributed by atoms with van der Waals surface area (Å²) in [6, 6.07) is 6.03. The molecule has 0 saturated carbocycles. The van der Waals surface area contributed by atoms with Crippen LogP contribution in [-0.4, -0.2) is 76.6 Å². The van der Waals surface area contributed by atoms with Gasteiger partial charge in [-0.05, 0) is 38.1 Å². The molecule has 1 aromatic carbocycles. The molecule has 1 saturated heterocycles. The Balaban J connectivity index is 1.48. The monoisotopic (exact) mass is 375 g/mol. The second-order valence-corrected chi connectivity index (χ2v) is 6.64. The van der Waals surface area contributed by atoms with Gasteiger partial charge in [0.15, 0.2) is 0 Å². The van der Waals surface area contributed by atoms with Crippen molar-refractivity contribution in [1.29, 1.82) is 0 Å². The van der Waals surface area contributed by atoms with E-state index in [1.165, 1.54) is 12.1 Å². The second-order valence-electron chi connectivity index (χ2n) is 6.64. The van der Waals surface area contributed by atoms with Gasteiger partial charge in [0, 0.05) is 44.8 Å². The molecule has 0 atom stereocenters. The van der Waals surface area contributed by atoms with Crippen molar-refractivity contribution in [3.63, 3.8) is 0 Å². The number of nitrogens with zero attached hydrogens (tertiary/aromatic N) is 5. The Bertz CT molecular complexity index is 737. The van der Waals surface area contributed by atoms with Crippen molar-refractivity contribution in [2.24, 2.45) is 0 Å². The van der Waals surface area contributed by atoms with Gasteiger partial charge < -0.3 is 9.42 Å². The van der Waals surface area contributed by atoms with Crippen LogP contribution in [0.4, 0.5) is 4.39 Å². The topological polar surface area (TPSA) is 65.7 Å². The first-order valence-corrected chi connectivity index (χ1v) is 9.40. The van der Waals surface area contributed by atoms with Gasteiger partial charge in [-0.1, -0.05) is 5.16 Å². The molecule has 0 unspecified atom stereocenters. The number of carbonyl (C=O) groups is 1. The lowest BCUT2D eigenvalue weighted by Crippen LogP contribution is -2.49. The molecule has 0 aliphatic carbocycles. The number of hydrogen-bond acceptors (Lipinski definition) is 6. The molecule has 1 fully saturated rings. The van der Waals surface area contributed by atoms with Crippen LogP contribution in [0.2, 0.25) is 0 Å². The summed E-state index contributed by atoms with van der Waals surface area (Å²) in [5, 5.41) is 3.98. The van der Waals surface area contributed by atoms with E-state index >= 15 is 0 Å². The normalized spacial score (nSPS) is 15.8. The van der Waals surface area contributed by atoms with Crippen molar-refractivity contribution in [3.05, 3.63) is 36.0 Å². The van der Waals surface area contributed by atoms with Crippen molar-refractivity contribution in [2.45, 2.75) is 20.4 Å². The van der Waals surface area contributed by atoms with Gasteiger partial charge in [0.05, 0.1) is 13.1 Å². The molecule has 1 aliphatic rings. The molecule has 1 aromatic heterocycles. The van der Waals surface area contributed by atoms with Gasteiger partial charge in [-0.25, -0.2) is 4.39 Å². The maximum atomic E-state index is 13.0. The summed E-state index contributed by atoms with van der Waals surface area (Å²) in [5.41, 5.74) is 0.728. The third-order valence-electron chi connectivity index (χ3n) is 4.87. The number of benzene rings is 1. The van der Waals surface area contributed by atoms with Gasteiger partial charge in [-0.3, -0.25) is 14.6 Å². The summed E-state index contributed by atoms with van der Waals surface area (Å²) in [6.45, 7) is 9.94. The van der Waals surface area contributed by atoms with E-state index in [2.05, 4.69) is 19.9 Å². The summed E-state index contributed by atoms with van der Waals surface area (Å²) >= 11 is 0. The van der Waals surface area contributed by atoms with E-state index in [0.717, 1.165) is 44.8 Å². The first-order chi connectivity index (χ1) is 13.1. The highest BCUT2D eigenvalue weighted by atomic mass is 19.1. The van der Waals surface area contributed by atoms with Crippen LogP contribution in [0.1, 0.15) is 19.7 Å². The fraction of sp³-hybridized carbons (Fsp3) is 0.526. The molecule has 3 rings (SSSR count). The molecule has 1 aliphatic heterocycles. The highest BCUT2D eigenvalue weighted by molar-refractivity contribution is 5.78. The Labute approximate surface area is 158 Å². The van der Waals surface area contributed by atoms with Gasteiger partial charge in [-0.15, -0.1) is 0 Å². The van der Waals surface area contributed by atoms with Crippen LogP contribution in [-0.2, 0) is 11.3 Å². The highest BCUT2D eigenvalue weighted by Gasteiger charge is 2.22. The van der Waals surface area contributed by atoms with Crippen LogP contribution in [0.15, 0.2) is 28.8 Å². The quantitative estimate of drug-likeness (QED) is 0.736. The smallest absolute Gasteiger partial charge is 0.241 e. The maximum Gasteiger partial charge on any atom is 0.241 e. The molecule has 2 aromatic rings. The van der Waals surface area contributed by atoms with E-state index in [4.69, 9.17) is 4.52 Å². The number of amides is 1. The Morgan fingerprint density at radius 2 is 1.74 bits per heavy atom. The molecule has 27 heavy (non-hydrogen) atoms. The zero-order valence-electron chi connectivity index (χ0n) is 15.9. The predicted octanol–water partition coefficient (Wildman–Crippen LogP) is 1.86. The highest BCUT2D eigenvalue weighted by Crippen LogP contribution is 2.17. The number of aromatic nitrogens is 2. The number of hydrogen-bond donors (Lipinski definition) is 0. The van der Waals surface area contributed by atoms with E-state index in [1.54, 1.807) is 12.1 Å². The third kappa shape index (κ3) is 5.11. The Kier molecular flexibility index (Phi) is 6.52. The van der Waals surface area contributed by atoms with Crippen LogP contribution >= 0.6 is 0 Å². The molecule has 0 bridgehead atoms. The van der Waals surface area contributed by atoms with E-state index in [-0.39, 0.29) is 11.7 Å². The zero-order valence-corrected chi connectivity index (χ0v) is 15.9. The van der Waals surface area contributed by atoms with Crippen molar-refractivity contribution in [3.8, 4) is 11.4 Å². The third-order valence-corrected chi connectivity index (χ3v) is 4.87. The number of piperazine rings is 1. The zero-order chi connectivity index (χ0) is 19.2. The summed E-state index contributed by atoms with van der Waals surface area (Å²) in [6.07, 6.45) is 0. The van der Waals surface area contributed by atoms with E-state index in [1.807, 2.05) is 18.7 Å². The molecule has 1 amide bonds. The SMILES string of the molecule is CCN(CC)C(=O)CN1CCN(Cc2nc(-c3ccc(F)cc3)no2)CC1. The van der Waals surface area contributed by atoms with Crippen LogP contribution in [0, 0.1) is 5.82 Å². The van der Waals surface area contributed by atoms with Gasteiger partial charge in [0.1, 0.15) is 5.82 Å². The Morgan fingerprint density at radius 1 is 1.11 bits per heavy atom. The summed E-state index contributed by atoms with van der Waals surface area (Å²) in [5.74, 6) is 0.907. The lowest BCUT2D eigenvalue weighted by Gasteiger charge is -2.34.